The molecule has 1 aromatic rings. The fraction of sp³-hybridized carbons (Fsp3) is 0.636. The predicted molar refractivity (Wildman–Crippen MR) is 77.6 cm³/mol. The minimum atomic E-state index is -3.59. The lowest BCUT2D eigenvalue weighted by Crippen LogP contribution is -2.31. The highest BCUT2D eigenvalue weighted by Crippen LogP contribution is 2.27. The van der Waals surface area contributed by atoms with Gasteiger partial charge in [0.1, 0.15) is 17.3 Å². The summed E-state index contributed by atoms with van der Waals surface area (Å²) in [7, 11) is -3.59. The molecule has 19 heavy (non-hydrogen) atoms. The SMILES string of the molecule is O=S(=O)(NCC1CCCCS1)c1cc(CO)oc1Br. The van der Waals surface area contributed by atoms with Gasteiger partial charge in [-0.1, -0.05) is 6.42 Å². The maximum atomic E-state index is 12.1. The zero-order valence-corrected chi connectivity index (χ0v) is 13.5. The molecule has 0 bridgehead atoms. The molecule has 108 valence electrons. The Balaban J connectivity index is 2.02. The average molecular weight is 370 g/mol. The highest BCUT2D eigenvalue weighted by molar-refractivity contribution is 9.10. The molecule has 1 atom stereocenters. The van der Waals surface area contributed by atoms with Crippen LogP contribution in [0.2, 0.25) is 0 Å². The van der Waals surface area contributed by atoms with Gasteiger partial charge in [-0.2, -0.15) is 11.8 Å². The molecule has 1 fully saturated rings. The monoisotopic (exact) mass is 369 g/mol. The first-order valence-corrected chi connectivity index (χ1v) is 9.36. The van der Waals surface area contributed by atoms with Crippen molar-refractivity contribution in [1.82, 2.24) is 4.72 Å². The Morgan fingerprint density at radius 3 is 2.89 bits per heavy atom. The van der Waals surface area contributed by atoms with E-state index in [0.29, 0.717) is 11.8 Å². The van der Waals surface area contributed by atoms with Gasteiger partial charge in [-0.05, 0) is 34.5 Å². The van der Waals surface area contributed by atoms with Gasteiger partial charge >= 0.3 is 0 Å². The van der Waals surface area contributed by atoms with E-state index in [0.717, 1.165) is 18.6 Å². The largest absolute Gasteiger partial charge is 0.450 e. The molecule has 0 aliphatic carbocycles. The summed E-state index contributed by atoms with van der Waals surface area (Å²) in [4.78, 5) is 0.0392. The molecule has 0 radical (unpaired) electrons. The number of aliphatic hydroxyl groups is 1. The van der Waals surface area contributed by atoms with Gasteiger partial charge in [0.2, 0.25) is 10.0 Å². The van der Waals surface area contributed by atoms with Crippen LogP contribution in [0.15, 0.2) is 20.0 Å². The summed E-state index contributed by atoms with van der Waals surface area (Å²) in [5, 5.41) is 9.28. The van der Waals surface area contributed by atoms with E-state index in [1.807, 2.05) is 11.8 Å². The Bertz CT molecular complexity index is 523. The number of nitrogens with one attached hydrogen (secondary N) is 1. The molecule has 0 saturated carbocycles. The minimum absolute atomic E-state index is 0.0392. The second-order valence-corrected chi connectivity index (χ2v) is 8.21. The fourth-order valence-corrected chi connectivity index (χ4v) is 5.33. The normalized spacial score (nSPS) is 20.6. The van der Waals surface area contributed by atoms with E-state index in [1.165, 1.54) is 12.5 Å². The van der Waals surface area contributed by atoms with Crippen molar-refractivity contribution in [3.05, 3.63) is 16.5 Å². The molecular weight excluding hydrogens is 354 g/mol. The molecule has 1 unspecified atom stereocenters. The van der Waals surface area contributed by atoms with Crippen molar-refractivity contribution in [3.63, 3.8) is 0 Å². The van der Waals surface area contributed by atoms with Gasteiger partial charge in [0.25, 0.3) is 0 Å². The third-order valence-corrected chi connectivity index (χ3v) is 6.61. The van der Waals surface area contributed by atoms with Gasteiger partial charge in [-0.25, -0.2) is 13.1 Å². The lowest BCUT2D eigenvalue weighted by atomic mass is 10.2. The van der Waals surface area contributed by atoms with Gasteiger partial charge in [0.05, 0.1) is 0 Å². The average Bonchev–Trinajstić information content (AvgIpc) is 2.80. The van der Waals surface area contributed by atoms with Crippen molar-refractivity contribution < 1.29 is 17.9 Å². The van der Waals surface area contributed by atoms with Crippen LogP contribution in [0, 0.1) is 0 Å². The van der Waals surface area contributed by atoms with Crippen LogP contribution in [0.4, 0.5) is 0 Å². The number of halogens is 1. The first kappa shape index (κ1) is 15.4. The van der Waals surface area contributed by atoms with Crippen LogP contribution in [0.3, 0.4) is 0 Å². The van der Waals surface area contributed by atoms with Crippen molar-refractivity contribution in [3.8, 4) is 0 Å². The van der Waals surface area contributed by atoms with Crippen LogP contribution in [0.25, 0.3) is 0 Å². The number of hydrogen-bond donors (Lipinski definition) is 2. The second-order valence-electron chi connectivity index (χ2n) is 4.35. The van der Waals surface area contributed by atoms with E-state index in [2.05, 4.69) is 20.7 Å². The Labute approximate surface area is 125 Å². The van der Waals surface area contributed by atoms with Crippen molar-refractivity contribution >= 4 is 37.7 Å². The van der Waals surface area contributed by atoms with E-state index in [4.69, 9.17) is 9.52 Å². The third-order valence-electron chi connectivity index (χ3n) is 2.93. The van der Waals surface area contributed by atoms with Gasteiger partial charge in [-0.15, -0.1) is 0 Å². The van der Waals surface area contributed by atoms with Crippen molar-refractivity contribution in [1.29, 1.82) is 0 Å². The summed E-state index contributed by atoms with van der Waals surface area (Å²) in [5.41, 5.74) is 0. The van der Waals surface area contributed by atoms with Crippen LogP contribution in [0.1, 0.15) is 25.0 Å². The molecule has 5 nitrogen and oxygen atoms in total. The maximum absolute atomic E-state index is 12.1. The smallest absolute Gasteiger partial charge is 0.245 e. The molecule has 2 rings (SSSR count). The molecule has 1 aromatic heterocycles. The van der Waals surface area contributed by atoms with Crippen LogP contribution >= 0.6 is 27.7 Å². The third kappa shape index (κ3) is 3.98. The Hall–Kier alpha value is -0.0200. The number of rotatable bonds is 5. The van der Waals surface area contributed by atoms with E-state index in [9.17, 15) is 8.42 Å². The number of aliphatic hydroxyl groups excluding tert-OH is 1. The van der Waals surface area contributed by atoms with E-state index in [1.54, 1.807) is 0 Å². The minimum Gasteiger partial charge on any atom is -0.450 e. The Morgan fingerprint density at radius 2 is 2.32 bits per heavy atom. The molecule has 0 spiro atoms. The molecule has 8 heteroatoms. The molecule has 2 N–H and O–H groups in total. The zero-order chi connectivity index (χ0) is 13.9. The quantitative estimate of drug-likeness (QED) is 0.830. The van der Waals surface area contributed by atoms with Crippen LogP contribution in [-0.2, 0) is 16.6 Å². The maximum Gasteiger partial charge on any atom is 0.245 e. The van der Waals surface area contributed by atoms with Gasteiger partial charge in [-0.3, -0.25) is 0 Å². The number of furan rings is 1. The van der Waals surface area contributed by atoms with E-state index >= 15 is 0 Å². The summed E-state index contributed by atoms with van der Waals surface area (Å²) >= 11 is 4.87. The topological polar surface area (TPSA) is 79.5 Å². The molecule has 0 amide bonds. The molecule has 1 aliphatic rings. The summed E-state index contributed by atoms with van der Waals surface area (Å²) in [6.45, 7) is 0.103. The van der Waals surface area contributed by atoms with Crippen molar-refractivity contribution in [2.75, 3.05) is 12.3 Å². The molecule has 1 aliphatic heterocycles. The lowest BCUT2D eigenvalue weighted by molar-refractivity contribution is 0.245. The van der Waals surface area contributed by atoms with Crippen molar-refractivity contribution in [2.24, 2.45) is 0 Å². The Morgan fingerprint density at radius 1 is 1.53 bits per heavy atom. The second kappa shape index (κ2) is 6.62. The fourth-order valence-electron chi connectivity index (χ4n) is 1.91. The van der Waals surface area contributed by atoms with Crippen molar-refractivity contribution in [2.45, 2.75) is 36.0 Å². The first-order valence-electron chi connectivity index (χ1n) is 6.03. The van der Waals surface area contributed by atoms with Gasteiger partial charge in [0, 0.05) is 17.9 Å². The van der Waals surface area contributed by atoms with Crippen LogP contribution < -0.4 is 4.72 Å². The summed E-state index contributed by atoms with van der Waals surface area (Å²) in [6, 6.07) is 1.33. The number of sulfonamides is 1. The molecule has 2 heterocycles. The summed E-state index contributed by atoms with van der Waals surface area (Å²) < 4.78 is 32.1. The van der Waals surface area contributed by atoms with Crippen LogP contribution in [0.5, 0.6) is 0 Å². The predicted octanol–water partition coefficient (Wildman–Crippen LogP) is 2.10. The highest BCUT2D eigenvalue weighted by atomic mass is 79.9. The molecule has 1 saturated heterocycles. The van der Waals surface area contributed by atoms with Crippen LogP contribution in [-0.4, -0.2) is 31.1 Å². The lowest BCUT2D eigenvalue weighted by Gasteiger charge is -2.21. The Kier molecular flexibility index (Phi) is 5.36. The van der Waals surface area contributed by atoms with E-state index < -0.39 is 10.0 Å². The first-order chi connectivity index (χ1) is 9.03. The standard InChI is InChI=1S/C11H16BrNO4S2/c12-11-10(5-8(7-14)17-11)19(15,16)13-6-9-3-1-2-4-18-9/h5,9,13-14H,1-4,6-7H2. The zero-order valence-electron chi connectivity index (χ0n) is 10.3. The summed E-state index contributed by atoms with van der Waals surface area (Å²) in [6.07, 6.45) is 3.41. The highest BCUT2D eigenvalue weighted by Gasteiger charge is 2.24. The molecular formula is C11H16BrNO4S2. The molecule has 0 aromatic carbocycles. The van der Waals surface area contributed by atoms with Gasteiger partial charge < -0.3 is 9.52 Å². The number of hydrogen-bond acceptors (Lipinski definition) is 5. The summed E-state index contributed by atoms with van der Waals surface area (Å²) in [5.74, 6) is 1.32. The van der Waals surface area contributed by atoms with E-state index in [-0.39, 0.29) is 21.9 Å². The van der Waals surface area contributed by atoms with Gasteiger partial charge in [0.15, 0.2) is 4.67 Å². The number of thioether (sulfide) groups is 1.